The molecule has 0 saturated carbocycles. The number of nitrogens with zero attached hydrogens (tertiary/aromatic N) is 1. The first-order valence-electron chi connectivity index (χ1n) is 6.32. The van der Waals surface area contributed by atoms with Crippen molar-refractivity contribution in [2.45, 2.75) is 19.5 Å². The molecule has 1 atom stereocenters. The summed E-state index contributed by atoms with van der Waals surface area (Å²) in [6.07, 6.45) is 1.58. The van der Waals surface area contributed by atoms with E-state index in [0.29, 0.717) is 22.8 Å². The number of nitrogens with one attached hydrogen (secondary N) is 1. The second kappa shape index (κ2) is 6.50. The number of nitrogens with two attached hydrogens (primary N) is 1. The summed E-state index contributed by atoms with van der Waals surface area (Å²) in [5, 5.41) is 3.55. The van der Waals surface area contributed by atoms with Crippen LogP contribution in [0.15, 0.2) is 42.6 Å². The molecule has 0 unspecified atom stereocenters. The molecule has 0 saturated heterocycles. The Balaban J connectivity index is 2.13. The van der Waals surface area contributed by atoms with Crippen molar-refractivity contribution in [1.29, 1.82) is 0 Å². The van der Waals surface area contributed by atoms with Gasteiger partial charge in [0.05, 0.1) is 11.7 Å². The van der Waals surface area contributed by atoms with Crippen LogP contribution in [0, 0.1) is 0 Å². The lowest BCUT2D eigenvalue weighted by molar-refractivity contribution is 0.0939. The van der Waals surface area contributed by atoms with Gasteiger partial charge in [0.15, 0.2) is 0 Å². The van der Waals surface area contributed by atoms with Gasteiger partial charge in [-0.25, -0.2) is 0 Å². The molecular formula is C15H16ClN3O. The van der Waals surface area contributed by atoms with Gasteiger partial charge in [-0.15, -0.1) is 0 Å². The van der Waals surface area contributed by atoms with Crippen LogP contribution in [0.25, 0.3) is 0 Å². The molecule has 104 valence electrons. The molecule has 3 N–H and O–H groups in total. The summed E-state index contributed by atoms with van der Waals surface area (Å²) >= 11 is 6.12. The van der Waals surface area contributed by atoms with Gasteiger partial charge in [0.2, 0.25) is 0 Å². The lowest BCUT2D eigenvalue weighted by Crippen LogP contribution is -2.27. The van der Waals surface area contributed by atoms with Crippen molar-refractivity contribution in [1.82, 2.24) is 10.3 Å². The van der Waals surface area contributed by atoms with Crippen molar-refractivity contribution in [3.05, 3.63) is 64.4 Å². The van der Waals surface area contributed by atoms with Crippen LogP contribution in [0.2, 0.25) is 5.02 Å². The van der Waals surface area contributed by atoms with Crippen molar-refractivity contribution in [3.63, 3.8) is 0 Å². The minimum absolute atomic E-state index is 0.172. The molecule has 2 rings (SSSR count). The minimum atomic E-state index is -0.175. The fourth-order valence-electron chi connectivity index (χ4n) is 1.92. The monoisotopic (exact) mass is 289 g/mol. The molecule has 1 heterocycles. The molecule has 1 amide bonds. The molecule has 4 nitrogen and oxygen atoms in total. The summed E-state index contributed by atoms with van der Waals surface area (Å²) < 4.78 is 0. The summed E-state index contributed by atoms with van der Waals surface area (Å²) in [7, 11) is 0. The fourth-order valence-corrected chi connectivity index (χ4v) is 2.21. The van der Waals surface area contributed by atoms with E-state index in [1.807, 2.05) is 25.1 Å². The number of benzene rings is 1. The number of hydrogen-bond acceptors (Lipinski definition) is 3. The maximum atomic E-state index is 12.2. The Kier molecular flexibility index (Phi) is 4.71. The van der Waals surface area contributed by atoms with Gasteiger partial charge >= 0.3 is 0 Å². The summed E-state index contributed by atoms with van der Waals surface area (Å²) in [5.41, 5.74) is 7.63. The molecule has 1 aromatic heterocycles. The number of carbonyl (C=O) groups excluding carboxylic acids is 1. The standard InChI is InChI=1S/C15H16ClN3O/c1-10(13-4-2-3-5-14(13)16)19-15(20)11-6-7-18-12(8-11)9-17/h2-8,10H,9,17H2,1H3,(H,19,20)/t10-/m1/s1. The molecule has 0 radical (unpaired) electrons. The second-order valence-electron chi connectivity index (χ2n) is 4.46. The molecule has 5 heteroatoms. The van der Waals surface area contributed by atoms with Crippen LogP contribution >= 0.6 is 11.6 Å². The van der Waals surface area contributed by atoms with Gasteiger partial charge in [-0.05, 0) is 30.7 Å². The van der Waals surface area contributed by atoms with Crippen LogP contribution in [0.4, 0.5) is 0 Å². The van der Waals surface area contributed by atoms with Crippen molar-refractivity contribution >= 4 is 17.5 Å². The third-order valence-electron chi connectivity index (χ3n) is 3.01. The van der Waals surface area contributed by atoms with Crippen LogP contribution in [0.5, 0.6) is 0 Å². The first-order valence-corrected chi connectivity index (χ1v) is 6.70. The zero-order valence-electron chi connectivity index (χ0n) is 11.1. The van der Waals surface area contributed by atoms with E-state index < -0.39 is 0 Å². The molecule has 2 aromatic rings. The number of amides is 1. The van der Waals surface area contributed by atoms with E-state index in [0.717, 1.165) is 5.56 Å². The largest absolute Gasteiger partial charge is 0.345 e. The molecule has 0 aliphatic rings. The van der Waals surface area contributed by atoms with Gasteiger partial charge in [0.25, 0.3) is 5.91 Å². The van der Waals surface area contributed by atoms with Gasteiger partial charge in [-0.3, -0.25) is 9.78 Å². The van der Waals surface area contributed by atoms with Crippen LogP contribution in [0.3, 0.4) is 0 Å². The van der Waals surface area contributed by atoms with Crippen molar-refractivity contribution in [3.8, 4) is 0 Å². The van der Waals surface area contributed by atoms with Crippen LogP contribution in [0.1, 0.15) is 34.6 Å². The first kappa shape index (κ1) is 14.5. The van der Waals surface area contributed by atoms with Crippen LogP contribution in [-0.2, 0) is 6.54 Å². The van der Waals surface area contributed by atoms with E-state index in [4.69, 9.17) is 17.3 Å². The van der Waals surface area contributed by atoms with E-state index >= 15 is 0 Å². The highest BCUT2D eigenvalue weighted by Gasteiger charge is 2.13. The number of carbonyl (C=O) groups is 1. The zero-order valence-corrected chi connectivity index (χ0v) is 11.9. The smallest absolute Gasteiger partial charge is 0.251 e. The summed E-state index contributed by atoms with van der Waals surface area (Å²) in [5.74, 6) is -0.172. The van der Waals surface area contributed by atoms with Gasteiger partial charge in [0, 0.05) is 23.3 Å². The fraction of sp³-hybridized carbons (Fsp3) is 0.200. The Bertz CT molecular complexity index is 616. The lowest BCUT2D eigenvalue weighted by Gasteiger charge is -2.15. The Morgan fingerprint density at radius 1 is 1.40 bits per heavy atom. The SMILES string of the molecule is C[C@@H](NC(=O)c1ccnc(CN)c1)c1ccccc1Cl. The maximum Gasteiger partial charge on any atom is 0.251 e. The summed E-state index contributed by atoms with van der Waals surface area (Å²) in [6, 6.07) is 10.6. The molecule has 0 spiro atoms. The highest BCUT2D eigenvalue weighted by atomic mass is 35.5. The predicted molar refractivity (Wildman–Crippen MR) is 79.5 cm³/mol. The molecule has 1 aromatic carbocycles. The Morgan fingerprint density at radius 3 is 2.85 bits per heavy atom. The van der Waals surface area contributed by atoms with E-state index in [1.54, 1.807) is 24.4 Å². The maximum absolute atomic E-state index is 12.2. The Hall–Kier alpha value is -1.91. The van der Waals surface area contributed by atoms with E-state index in [9.17, 15) is 4.79 Å². The average molecular weight is 290 g/mol. The molecular weight excluding hydrogens is 274 g/mol. The molecule has 0 aliphatic heterocycles. The van der Waals surface area contributed by atoms with Gasteiger partial charge in [0.1, 0.15) is 0 Å². The Labute approximate surface area is 123 Å². The first-order chi connectivity index (χ1) is 9.61. The number of hydrogen-bond donors (Lipinski definition) is 2. The third kappa shape index (κ3) is 3.35. The number of aromatic nitrogens is 1. The highest BCUT2D eigenvalue weighted by molar-refractivity contribution is 6.31. The zero-order chi connectivity index (χ0) is 14.5. The van der Waals surface area contributed by atoms with Crippen molar-refractivity contribution in [2.24, 2.45) is 5.73 Å². The molecule has 0 fully saturated rings. The van der Waals surface area contributed by atoms with Crippen molar-refractivity contribution in [2.75, 3.05) is 0 Å². The highest BCUT2D eigenvalue weighted by Crippen LogP contribution is 2.22. The van der Waals surface area contributed by atoms with Crippen LogP contribution in [-0.4, -0.2) is 10.9 Å². The molecule has 20 heavy (non-hydrogen) atoms. The number of pyridine rings is 1. The average Bonchev–Trinajstić information content (AvgIpc) is 2.47. The summed E-state index contributed by atoms with van der Waals surface area (Å²) in [6.45, 7) is 2.20. The lowest BCUT2D eigenvalue weighted by atomic mass is 10.1. The molecule has 0 aliphatic carbocycles. The Morgan fingerprint density at radius 2 is 2.15 bits per heavy atom. The van der Waals surface area contributed by atoms with E-state index in [1.165, 1.54) is 0 Å². The topological polar surface area (TPSA) is 68.0 Å². The minimum Gasteiger partial charge on any atom is -0.345 e. The summed E-state index contributed by atoms with van der Waals surface area (Å²) in [4.78, 5) is 16.3. The molecule has 0 bridgehead atoms. The third-order valence-corrected chi connectivity index (χ3v) is 3.35. The number of halogens is 1. The van der Waals surface area contributed by atoms with Gasteiger partial charge in [-0.2, -0.15) is 0 Å². The normalized spacial score (nSPS) is 11.9. The number of rotatable bonds is 4. The van der Waals surface area contributed by atoms with E-state index in [2.05, 4.69) is 10.3 Å². The van der Waals surface area contributed by atoms with Gasteiger partial charge in [-0.1, -0.05) is 29.8 Å². The van der Waals surface area contributed by atoms with Gasteiger partial charge < -0.3 is 11.1 Å². The van der Waals surface area contributed by atoms with Crippen LogP contribution < -0.4 is 11.1 Å². The van der Waals surface area contributed by atoms with Crippen molar-refractivity contribution < 1.29 is 4.79 Å². The second-order valence-corrected chi connectivity index (χ2v) is 4.86. The quantitative estimate of drug-likeness (QED) is 0.909. The predicted octanol–water partition coefficient (Wildman–Crippen LogP) is 2.68. The van der Waals surface area contributed by atoms with E-state index in [-0.39, 0.29) is 11.9 Å².